The number of phenolic OH excluding ortho intramolecular Hbond substituents is 2. The average molecular weight is 482 g/mol. The summed E-state index contributed by atoms with van der Waals surface area (Å²) in [6.45, 7) is 10.7. The first-order chi connectivity index (χ1) is 13.3. The number of hydrazone groups is 1. The zero-order chi connectivity index (χ0) is 21.1. The van der Waals surface area contributed by atoms with Crippen molar-refractivity contribution in [2.75, 3.05) is 6.61 Å². The molecule has 1 unspecified atom stereocenters. The molecule has 2 rings (SSSR count). The first-order valence-corrected chi connectivity index (χ1v) is 8.69. The van der Waals surface area contributed by atoms with Gasteiger partial charge in [-0.3, -0.25) is 4.79 Å². The molecular formula is C21H27ClN2NiO5. The predicted octanol–water partition coefficient (Wildman–Crippen LogP) is 3.48. The summed E-state index contributed by atoms with van der Waals surface area (Å²) >= 11 is 0. The number of hydrogen-bond acceptors (Lipinski definition) is 6. The number of aromatic hydroxyl groups is 2. The molecule has 0 saturated carbocycles. The van der Waals surface area contributed by atoms with Crippen molar-refractivity contribution in [3.63, 3.8) is 0 Å². The Morgan fingerprint density at radius 1 is 1.20 bits per heavy atom. The van der Waals surface area contributed by atoms with Crippen LogP contribution in [0.15, 0.2) is 47.6 Å². The summed E-state index contributed by atoms with van der Waals surface area (Å²) in [5, 5.41) is 32.0. The van der Waals surface area contributed by atoms with Gasteiger partial charge in [-0.2, -0.15) is 11.5 Å². The molecule has 0 saturated heterocycles. The van der Waals surface area contributed by atoms with Crippen LogP contribution < -0.4 is 10.2 Å². The fourth-order valence-corrected chi connectivity index (χ4v) is 2.00. The normalized spacial score (nSPS) is 11.0. The molecule has 168 valence electrons. The van der Waals surface area contributed by atoms with Crippen molar-refractivity contribution in [3.8, 4) is 17.2 Å². The standard InChI is InChI=1S/C18H19N2O5.C3H7.ClH.Ni/c1-11(21)10-25-17-6-4-3-5-14(17)12(2)19-20-18(24)13-7-8-15(22)16(23)9-13;1-3-2;;/h3-9,11,21-23H,1,10H2,2H3,(H,20,24);1,3H2,2H3;1H;/q2*-1;;+2/b19-12+;;;. The van der Waals surface area contributed by atoms with E-state index in [2.05, 4.69) is 24.4 Å². The van der Waals surface area contributed by atoms with Crippen LogP contribution in [0, 0.1) is 13.8 Å². The van der Waals surface area contributed by atoms with Gasteiger partial charge in [-0.25, -0.2) is 5.43 Å². The van der Waals surface area contributed by atoms with Gasteiger partial charge in [0, 0.05) is 11.1 Å². The Morgan fingerprint density at radius 3 is 2.37 bits per heavy atom. The first-order valence-electron chi connectivity index (χ1n) is 8.69. The molecule has 1 atom stereocenters. The summed E-state index contributed by atoms with van der Waals surface area (Å²) in [7, 11) is 0. The molecule has 0 bridgehead atoms. The number of para-hydroxylation sites is 1. The third-order valence-corrected chi connectivity index (χ3v) is 3.27. The van der Waals surface area contributed by atoms with E-state index < -0.39 is 12.0 Å². The summed E-state index contributed by atoms with van der Waals surface area (Å²) < 4.78 is 5.47. The van der Waals surface area contributed by atoms with Crippen molar-refractivity contribution in [1.82, 2.24) is 5.43 Å². The van der Waals surface area contributed by atoms with Gasteiger partial charge in [0.05, 0.1) is 12.3 Å². The number of benzene rings is 2. The minimum atomic E-state index is -0.854. The second-order valence-corrected chi connectivity index (χ2v) is 5.80. The summed E-state index contributed by atoms with van der Waals surface area (Å²) in [4.78, 5) is 12.1. The number of aliphatic hydroxyl groups is 1. The first kappa shape index (κ1) is 29.9. The molecule has 1 amide bonds. The zero-order valence-corrected chi connectivity index (χ0v) is 18.6. The monoisotopic (exact) mass is 480 g/mol. The second-order valence-electron chi connectivity index (χ2n) is 5.80. The number of halogens is 1. The quantitative estimate of drug-likeness (QED) is 0.166. The number of hydrogen-bond donors (Lipinski definition) is 4. The maximum absolute atomic E-state index is 12.1. The fourth-order valence-electron chi connectivity index (χ4n) is 2.00. The van der Waals surface area contributed by atoms with Crippen LogP contribution in [-0.2, 0) is 16.5 Å². The van der Waals surface area contributed by atoms with Crippen molar-refractivity contribution in [1.29, 1.82) is 0 Å². The van der Waals surface area contributed by atoms with Crippen LogP contribution in [0.2, 0.25) is 0 Å². The number of aliphatic hydroxyl groups excluding tert-OH is 1. The van der Waals surface area contributed by atoms with Crippen molar-refractivity contribution in [2.24, 2.45) is 5.10 Å². The van der Waals surface area contributed by atoms with Crippen molar-refractivity contribution < 1.29 is 41.3 Å². The van der Waals surface area contributed by atoms with Gasteiger partial charge in [-0.1, -0.05) is 19.1 Å². The Labute approximate surface area is 193 Å². The number of amides is 1. The van der Waals surface area contributed by atoms with Crippen LogP contribution in [0.5, 0.6) is 17.2 Å². The van der Waals surface area contributed by atoms with E-state index in [9.17, 15) is 20.1 Å². The van der Waals surface area contributed by atoms with Gasteiger partial charge in [0.15, 0.2) is 11.5 Å². The Balaban J connectivity index is 0. The van der Waals surface area contributed by atoms with Gasteiger partial charge in [-0.15, -0.1) is 12.4 Å². The van der Waals surface area contributed by atoms with E-state index in [1.165, 1.54) is 12.1 Å². The smallest absolute Gasteiger partial charge is 0.504 e. The Bertz CT molecular complexity index is 816. The number of phenols is 2. The van der Waals surface area contributed by atoms with E-state index in [4.69, 9.17) is 4.74 Å². The fraction of sp³-hybridized carbons (Fsp3) is 0.238. The van der Waals surface area contributed by atoms with E-state index in [0.29, 0.717) is 17.0 Å². The van der Waals surface area contributed by atoms with Gasteiger partial charge in [0.25, 0.3) is 5.91 Å². The molecule has 0 heterocycles. The summed E-state index contributed by atoms with van der Waals surface area (Å²) in [5.74, 6) is -0.738. The van der Waals surface area contributed by atoms with Crippen LogP contribution >= 0.6 is 12.4 Å². The molecule has 7 nitrogen and oxygen atoms in total. The van der Waals surface area contributed by atoms with Gasteiger partial charge < -0.3 is 33.9 Å². The summed E-state index contributed by atoms with van der Waals surface area (Å²) in [6.07, 6.45) is 0.146. The molecule has 0 radical (unpaired) electrons. The topological polar surface area (TPSA) is 111 Å². The number of rotatable bonds is 6. The molecule has 30 heavy (non-hydrogen) atoms. The van der Waals surface area contributed by atoms with Crippen LogP contribution in [0.25, 0.3) is 0 Å². The molecule has 2 aromatic carbocycles. The largest absolute Gasteiger partial charge is 2.00 e. The molecule has 4 N–H and O–H groups in total. The third-order valence-electron chi connectivity index (χ3n) is 3.27. The maximum atomic E-state index is 12.1. The maximum Gasteiger partial charge on any atom is 2.00 e. The molecule has 0 fully saturated rings. The zero-order valence-electron chi connectivity index (χ0n) is 16.8. The summed E-state index contributed by atoms with van der Waals surface area (Å²) in [6, 6.07) is 10.8. The van der Waals surface area contributed by atoms with Gasteiger partial charge in [-0.05, 0) is 43.4 Å². The van der Waals surface area contributed by atoms with Crippen LogP contribution in [-0.4, -0.2) is 39.6 Å². The Hall–Kier alpha value is -2.28. The molecular weight excluding hydrogens is 454 g/mol. The minimum Gasteiger partial charge on any atom is -0.504 e. The van der Waals surface area contributed by atoms with Gasteiger partial charge in [0.1, 0.15) is 5.75 Å². The van der Waals surface area contributed by atoms with Crippen molar-refractivity contribution in [2.45, 2.75) is 26.4 Å². The molecule has 0 aliphatic rings. The minimum absolute atomic E-state index is 0. The predicted molar refractivity (Wildman–Crippen MR) is 116 cm³/mol. The van der Waals surface area contributed by atoms with E-state index in [1.54, 1.807) is 31.2 Å². The van der Waals surface area contributed by atoms with Gasteiger partial charge in [0.2, 0.25) is 0 Å². The van der Waals surface area contributed by atoms with Crippen molar-refractivity contribution >= 4 is 24.0 Å². The van der Waals surface area contributed by atoms with E-state index in [1.807, 2.05) is 6.92 Å². The van der Waals surface area contributed by atoms with Crippen LogP contribution in [0.3, 0.4) is 0 Å². The molecule has 0 aromatic heterocycles. The van der Waals surface area contributed by atoms with E-state index in [-0.39, 0.29) is 52.6 Å². The second kappa shape index (κ2) is 15.5. The Morgan fingerprint density at radius 2 is 1.80 bits per heavy atom. The molecule has 0 spiro atoms. The molecule has 0 aliphatic heterocycles. The molecule has 2 aromatic rings. The van der Waals surface area contributed by atoms with Gasteiger partial charge >= 0.3 is 16.5 Å². The SMILES string of the molecule is Cl.[CH2-]C(O)COc1ccccc1/C(C)=N/NC(=O)c1ccc(O)c(O)c1.[CH2-]CC.[Ni+2]. The average Bonchev–Trinajstić information content (AvgIpc) is 2.67. The van der Waals surface area contributed by atoms with Crippen LogP contribution in [0.1, 0.15) is 36.2 Å². The molecule has 9 heteroatoms. The molecule has 0 aliphatic carbocycles. The van der Waals surface area contributed by atoms with Crippen molar-refractivity contribution in [3.05, 3.63) is 67.4 Å². The Kier molecular flexibility index (Phi) is 15.5. The number of nitrogens with zero attached hydrogens (tertiary/aromatic N) is 1. The number of ether oxygens (including phenoxy) is 1. The summed E-state index contributed by atoms with van der Waals surface area (Å²) in [5.41, 5.74) is 3.67. The number of carbonyl (C=O) groups excluding carboxylic acids is 1. The number of carbonyl (C=O) groups is 1. The third kappa shape index (κ3) is 9.96. The van der Waals surface area contributed by atoms with E-state index >= 15 is 0 Å². The van der Waals surface area contributed by atoms with Crippen LogP contribution in [0.4, 0.5) is 0 Å². The van der Waals surface area contributed by atoms with E-state index in [0.717, 1.165) is 12.5 Å². The number of nitrogens with one attached hydrogen (secondary N) is 1.